The molecule has 0 spiro atoms. The zero-order chi connectivity index (χ0) is 18.1. The number of nitrogen functional groups attached to an aromatic ring is 2. The van der Waals surface area contributed by atoms with Crippen LogP contribution in [-0.2, 0) is 6.42 Å². The van der Waals surface area contributed by atoms with E-state index in [1.807, 2.05) is 6.07 Å². The third-order valence-electron chi connectivity index (χ3n) is 4.71. The molecule has 128 valence electrons. The third-order valence-corrected chi connectivity index (χ3v) is 4.71. The molecule has 0 bridgehead atoms. The summed E-state index contributed by atoms with van der Waals surface area (Å²) in [5.74, 6) is 0. The summed E-state index contributed by atoms with van der Waals surface area (Å²) in [5.41, 5.74) is 23.7. The van der Waals surface area contributed by atoms with Crippen LogP contribution in [0.2, 0.25) is 0 Å². The Morgan fingerprint density at radius 1 is 0.720 bits per heavy atom. The van der Waals surface area contributed by atoms with Gasteiger partial charge in [-0.15, -0.1) is 0 Å². The van der Waals surface area contributed by atoms with Crippen molar-refractivity contribution in [3.05, 3.63) is 81.9 Å². The fourth-order valence-electron chi connectivity index (χ4n) is 3.56. The molecule has 3 rings (SSSR count). The van der Waals surface area contributed by atoms with Crippen molar-refractivity contribution in [1.29, 1.82) is 0 Å². The van der Waals surface area contributed by atoms with Crippen LogP contribution < -0.4 is 11.5 Å². The zero-order valence-corrected chi connectivity index (χ0v) is 15.5. The van der Waals surface area contributed by atoms with Crippen LogP contribution in [0.5, 0.6) is 0 Å². The van der Waals surface area contributed by atoms with E-state index in [-0.39, 0.29) is 0 Å². The van der Waals surface area contributed by atoms with Gasteiger partial charge in [-0.2, -0.15) is 0 Å². The topological polar surface area (TPSA) is 52.0 Å². The second-order valence-electron chi connectivity index (χ2n) is 7.11. The normalized spacial score (nSPS) is 10.9. The predicted octanol–water partition coefficient (Wildman–Crippen LogP) is 5.34. The van der Waals surface area contributed by atoms with Crippen LogP contribution in [0, 0.1) is 27.7 Å². The first-order chi connectivity index (χ1) is 11.8. The number of nitrogens with two attached hydrogens (primary N) is 2. The van der Waals surface area contributed by atoms with E-state index in [4.69, 9.17) is 11.5 Å². The summed E-state index contributed by atoms with van der Waals surface area (Å²) in [5, 5.41) is 0. The third kappa shape index (κ3) is 3.69. The van der Waals surface area contributed by atoms with Gasteiger partial charge in [0.2, 0.25) is 0 Å². The molecular weight excluding hydrogens is 304 g/mol. The molecule has 3 aromatic carbocycles. The summed E-state index contributed by atoms with van der Waals surface area (Å²) in [6.45, 7) is 8.41. The van der Waals surface area contributed by atoms with Crippen LogP contribution in [0.15, 0.2) is 48.5 Å². The van der Waals surface area contributed by atoms with E-state index in [0.29, 0.717) is 0 Å². The van der Waals surface area contributed by atoms with Gasteiger partial charge in [0.05, 0.1) is 0 Å². The highest BCUT2D eigenvalue weighted by Gasteiger charge is 2.10. The highest BCUT2D eigenvalue weighted by molar-refractivity contribution is 5.74. The molecule has 0 aliphatic carbocycles. The van der Waals surface area contributed by atoms with Crippen LogP contribution in [0.3, 0.4) is 0 Å². The van der Waals surface area contributed by atoms with Crippen LogP contribution in [-0.4, -0.2) is 0 Å². The Morgan fingerprint density at radius 3 is 1.92 bits per heavy atom. The Hall–Kier alpha value is -2.74. The Labute approximate surface area is 150 Å². The molecule has 0 fully saturated rings. The van der Waals surface area contributed by atoms with E-state index in [9.17, 15) is 0 Å². The Kier molecular flexibility index (Phi) is 4.54. The molecule has 0 aromatic heterocycles. The van der Waals surface area contributed by atoms with E-state index in [1.54, 1.807) is 0 Å². The summed E-state index contributed by atoms with van der Waals surface area (Å²) >= 11 is 0. The molecule has 0 aliphatic heterocycles. The standard InChI is InChI=1S/C23H26N2/c1-14-7-15(2)9-18(8-14)12-20-13-21(24)5-6-22(20)19-10-16(3)23(25)17(4)11-19/h5-11,13H,12,24-25H2,1-4H3. The lowest BCUT2D eigenvalue weighted by Gasteiger charge is -2.15. The molecule has 0 radical (unpaired) electrons. The molecule has 0 aliphatic rings. The first-order valence-electron chi connectivity index (χ1n) is 8.66. The molecule has 0 atom stereocenters. The first-order valence-corrected chi connectivity index (χ1v) is 8.66. The largest absolute Gasteiger partial charge is 0.399 e. The molecule has 0 heterocycles. The zero-order valence-electron chi connectivity index (χ0n) is 15.5. The van der Waals surface area contributed by atoms with Crippen molar-refractivity contribution < 1.29 is 0 Å². The highest BCUT2D eigenvalue weighted by Crippen LogP contribution is 2.31. The van der Waals surface area contributed by atoms with Crippen molar-refractivity contribution in [2.45, 2.75) is 34.1 Å². The van der Waals surface area contributed by atoms with E-state index >= 15 is 0 Å². The summed E-state index contributed by atoms with van der Waals surface area (Å²) in [7, 11) is 0. The molecule has 2 nitrogen and oxygen atoms in total. The molecule has 0 saturated carbocycles. The summed E-state index contributed by atoms with van der Waals surface area (Å²) < 4.78 is 0. The summed E-state index contributed by atoms with van der Waals surface area (Å²) in [6, 6.07) is 17.2. The molecule has 3 aromatic rings. The Morgan fingerprint density at radius 2 is 1.32 bits per heavy atom. The number of anilines is 2. The maximum Gasteiger partial charge on any atom is 0.0373 e. The van der Waals surface area contributed by atoms with Gasteiger partial charge in [-0.1, -0.05) is 35.4 Å². The number of rotatable bonds is 3. The van der Waals surface area contributed by atoms with E-state index in [0.717, 1.165) is 28.9 Å². The van der Waals surface area contributed by atoms with E-state index in [2.05, 4.69) is 70.2 Å². The summed E-state index contributed by atoms with van der Waals surface area (Å²) in [6.07, 6.45) is 0.866. The van der Waals surface area contributed by atoms with Gasteiger partial charge < -0.3 is 11.5 Å². The van der Waals surface area contributed by atoms with Crippen LogP contribution in [0.1, 0.15) is 33.4 Å². The maximum absolute atomic E-state index is 6.13. The predicted molar refractivity (Wildman–Crippen MR) is 109 cm³/mol. The molecule has 0 amide bonds. The molecule has 0 unspecified atom stereocenters. The fourth-order valence-corrected chi connectivity index (χ4v) is 3.56. The SMILES string of the molecule is Cc1cc(C)cc(Cc2cc(N)ccc2-c2cc(C)c(N)c(C)c2)c1. The van der Waals surface area contributed by atoms with Gasteiger partial charge in [-0.25, -0.2) is 0 Å². The van der Waals surface area contributed by atoms with Gasteiger partial charge in [0.15, 0.2) is 0 Å². The lowest BCUT2D eigenvalue weighted by molar-refractivity contribution is 1.17. The van der Waals surface area contributed by atoms with Crippen molar-refractivity contribution in [2.24, 2.45) is 0 Å². The van der Waals surface area contributed by atoms with Crippen molar-refractivity contribution in [3.8, 4) is 11.1 Å². The van der Waals surface area contributed by atoms with Crippen molar-refractivity contribution in [2.75, 3.05) is 11.5 Å². The molecular formula is C23H26N2. The lowest BCUT2D eigenvalue weighted by Crippen LogP contribution is -1.98. The minimum atomic E-state index is 0.798. The number of aryl methyl sites for hydroxylation is 4. The van der Waals surface area contributed by atoms with E-state index < -0.39 is 0 Å². The minimum absolute atomic E-state index is 0.798. The van der Waals surface area contributed by atoms with Crippen molar-refractivity contribution in [3.63, 3.8) is 0 Å². The minimum Gasteiger partial charge on any atom is -0.399 e. The van der Waals surface area contributed by atoms with Gasteiger partial charge >= 0.3 is 0 Å². The van der Waals surface area contributed by atoms with E-state index in [1.165, 1.54) is 33.4 Å². The van der Waals surface area contributed by atoms with Crippen molar-refractivity contribution >= 4 is 11.4 Å². The fraction of sp³-hybridized carbons (Fsp3) is 0.217. The van der Waals surface area contributed by atoms with Gasteiger partial charge in [0.25, 0.3) is 0 Å². The van der Waals surface area contributed by atoms with Gasteiger partial charge in [0, 0.05) is 11.4 Å². The number of hydrogen-bond acceptors (Lipinski definition) is 2. The number of hydrogen-bond donors (Lipinski definition) is 2. The van der Waals surface area contributed by atoms with Crippen molar-refractivity contribution in [1.82, 2.24) is 0 Å². The monoisotopic (exact) mass is 330 g/mol. The first kappa shape index (κ1) is 17.1. The molecule has 2 heteroatoms. The quantitative estimate of drug-likeness (QED) is 0.637. The van der Waals surface area contributed by atoms with Gasteiger partial charge in [-0.05, 0) is 91.8 Å². The van der Waals surface area contributed by atoms with Crippen LogP contribution in [0.4, 0.5) is 11.4 Å². The number of benzene rings is 3. The maximum atomic E-state index is 6.13. The average Bonchev–Trinajstić information content (AvgIpc) is 2.51. The van der Waals surface area contributed by atoms with Gasteiger partial charge in [0.1, 0.15) is 0 Å². The average molecular weight is 330 g/mol. The van der Waals surface area contributed by atoms with Gasteiger partial charge in [-0.3, -0.25) is 0 Å². The Balaban J connectivity index is 2.10. The Bertz CT molecular complexity index is 896. The molecule has 0 saturated heterocycles. The summed E-state index contributed by atoms with van der Waals surface area (Å²) in [4.78, 5) is 0. The van der Waals surface area contributed by atoms with Crippen LogP contribution in [0.25, 0.3) is 11.1 Å². The second-order valence-corrected chi connectivity index (χ2v) is 7.11. The highest BCUT2D eigenvalue weighted by atomic mass is 14.6. The lowest BCUT2D eigenvalue weighted by atomic mass is 9.91. The molecule has 4 N–H and O–H groups in total. The molecule has 25 heavy (non-hydrogen) atoms. The second kappa shape index (κ2) is 6.64. The van der Waals surface area contributed by atoms with Crippen LogP contribution >= 0.6 is 0 Å². The smallest absolute Gasteiger partial charge is 0.0373 e.